The summed E-state index contributed by atoms with van der Waals surface area (Å²) in [7, 11) is 4.05. The van der Waals surface area contributed by atoms with Gasteiger partial charge >= 0.3 is 0 Å². The summed E-state index contributed by atoms with van der Waals surface area (Å²) in [6, 6.07) is 44.7. The summed E-state index contributed by atoms with van der Waals surface area (Å²) in [4.78, 5) is 12.2. The first kappa shape index (κ1) is 40.6. The second-order valence-electron chi connectivity index (χ2n) is 10.6. The van der Waals surface area contributed by atoms with Gasteiger partial charge in [0, 0.05) is 107 Å². The zero-order chi connectivity index (χ0) is 32.8. The largest absolute Gasteiger partial charge is 0.504 e. The molecule has 0 amide bonds. The van der Waals surface area contributed by atoms with E-state index in [4.69, 9.17) is 0 Å². The van der Waals surface area contributed by atoms with Crippen LogP contribution in [0.2, 0.25) is 0 Å². The van der Waals surface area contributed by atoms with E-state index < -0.39 is 11.6 Å². The standard InChI is InChI=1S/C14H11FN2.C14H12N2.C11H6F2N.3Ir/c1-16-10-17(12-8-6-11(15)7-9-12)14-5-3-2-4-13(14)16;1-15-11-16(12-7-3-2-4-8-12)14-10-6-5-9-13(14)15;12-8-4-5-9(10(13)7-8)11-3-1-2-6-14-11;;;/h2-8,10H,1H3;2-7,9-11H,1H3;1-4,6-7H;;;/q2*-2;-1;;;. The van der Waals surface area contributed by atoms with Gasteiger partial charge in [-0.1, -0.05) is 48.0 Å². The first-order chi connectivity index (χ1) is 22.9. The SMILES string of the molecule is CN1[CH-]N(c2[c-]cc(F)cc2)c2ccccc21.CN1[CH-]N(c2[c-]cccc2)c2ccccc21.Fc1c[c-]c(-c2ccccn2)c(F)c1.[Ir].[Ir].[Ir]. The average Bonchev–Trinajstić information content (AvgIpc) is 3.63. The summed E-state index contributed by atoms with van der Waals surface area (Å²) in [5.41, 5.74) is 7.18. The van der Waals surface area contributed by atoms with E-state index in [1.54, 1.807) is 30.5 Å². The monoisotopic (exact) mass is 1200 g/mol. The molecule has 1 aromatic heterocycles. The Morgan fingerprint density at radius 2 is 1.10 bits per heavy atom. The van der Waals surface area contributed by atoms with Gasteiger partial charge in [0.2, 0.25) is 0 Å². The number of aromatic nitrogens is 1. The number of fused-ring (bicyclic) bond motifs is 2. The number of halogens is 3. The molecular formula is C39H29F3Ir3N5-5. The maximum Gasteiger partial charge on any atom is 0.0408 e. The molecular weight excluding hydrogens is 1170 g/mol. The number of pyridine rings is 1. The van der Waals surface area contributed by atoms with E-state index in [1.165, 1.54) is 23.5 Å². The maximum atomic E-state index is 13.2. The number of rotatable bonds is 3. The predicted molar refractivity (Wildman–Crippen MR) is 182 cm³/mol. The molecule has 0 N–H and O–H groups in total. The summed E-state index contributed by atoms with van der Waals surface area (Å²) in [6.07, 6.45) is 1.55. The van der Waals surface area contributed by atoms with Crippen LogP contribution in [0.15, 0.2) is 128 Å². The van der Waals surface area contributed by atoms with Crippen LogP contribution in [0.1, 0.15) is 0 Å². The molecule has 0 unspecified atom stereocenters. The Morgan fingerprint density at radius 1 is 0.560 bits per heavy atom. The van der Waals surface area contributed by atoms with Gasteiger partial charge in [0.25, 0.3) is 0 Å². The molecule has 0 bridgehead atoms. The van der Waals surface area contributed by atoms with Crippen molar-refractivity contribution in [3.63, 3.8) is 0 Å². The molecule has 3 heterocycles. The van der Waals surface area contributed by atoms with Crippen LogP contribution in [0.3, 0.4) is 0 Å². The van der Waals surface area contributed by atoms with Gasteiger partial charge in [-0.2, -0.15) is 49.7 Å². The topological polar surface area (TPSA) is 25.9 Å². The van der Waals surface area contributed by atoms with Gasteiger partial charge in [0.15, 0.2) is 0 Å². The summed E-state index contributed by atoms with van der Waals surface area (Å²) >= 11 is 0. The Balaban J connectivity index is 0.000000198. The van der Waals surface area contributed by atoms with Crippen molar-refractivity contribution in [3.8, 4) is 11.3 Å². The Morgan fingerprint density at radius 3 is 1.60 bits per heavy atom. The van der Waals surface area contributed by atoms with Gasteiger partial charge in [0.05, 0.1) is 0 Å². The Kier molecular flexibility index (Phi) is 15.4. The van der Waals surface area contributed by atoms with E-state index in [9.17, 15) is 13.2 Å². The van der Waals surface area contributed by atoms with Crippen LogP contribution in [0.25, 0.3) is 11.3 Å². The van der Waals surface area contributed by atoms with E-state index in [2.05, 4.69) is 83.1 Å². The number of anilines is 6. The molecule has 3 radical (unpaired) electrons. The maximum absolute atomic E-state index is 13.2. The van der Waals surface area contributed by atoms with Crippen molar-refractivity contribution in [1.29, 1.82) is 0 Å². The predicted octanol–water partition coefficient (Wildman–Crippen LogP) is 9.35. The van der Waals surface area contributed by atoms with Crippen LogP contribution in [0.5, 0.6) is 0 Å². The van der Waals surface area contributed by atoms with Crippen molar-refractivity contribution < 1.29 is 73.5 Å². The third kappa shape index (κ3) is 9.49. The van der Waals surface area contributed by atoms with E-state index in [0.29, 0.717) is 5.69 Å². The Bertz CT molecular complexity index is 1940. The molecule has 6 aromatic rings. The fourth-order valence-corrected chi connectivity index (χ4v) is 5.14. The molecule has 2 aliphatic rings. The van der Waals surface area contributed by atoms with Crippen molar-refractivity contribution in [2.75, 3.05) is 33.7 Å². The minimum absolute atomic E-state index is 0. The molecule has 0 spiro atoms. The molecule has 8 rings (SSSR count). The zero-order valence-corrected chi connectivity index (χ0v) is 33.8. The molecule has 0 saturated carbocycles. The molecule has 0 aliphatic carbocycles. The van der Waals surface area contributed by atoms with Crippen LogP contribution in [0.4, 0.5) is 47.3 Å². The van der Waals surface area contributed by atoms with Crippen LogP contribution in [-0.2, 0) is 60.3 Å². The van der Waals surface area contributed by atoms with Crippen molar-refractivity contribution in [3.05, 3.63) is 177 Å². The second kappa shape index (κ2) is 19.0. The fourth-order valence-electron chi connectivity index (χ4n) is 5.14. The van der Waals surface area contributed by atoms with E-state index in [-0.39, 0.29) is 71.7 Å². The minimum Gasteiger partial charge on any atom is -0.504 e. The Hall–Kier alpha value is -3.81. The first-order valence-electron chi connectivity index (χ1n) is 14.7. The molecule has 0 atom stereocenters. The van der Waals surface area contributed by atoms with Crippen LogP contribution in [-0.4, -0.2) is 19.1 Å². The van der Waals surface area contributed by atoms with Crippen molar-refractivity contribution in [2.45, 2.75) is 0 Å². The van der Waals surface area contributed by atoms with Gasteiger partial charge in [-0.3, -0.25) is 13.2 Å². The third-order valence-electron chi connectivity index (χ3n) is 7.37. The minimum atomic E-state index is -0.649. The number of para-hydroxylation sites is 5. The molecule has 0 fully saturated rings. The number of hydrogen-bond donors (Lipinski definition) is 0. The van der Waals surface area contributed by atoms with Crippen LogP contribution >= 0.6 is 0 Å². The van der Waals surface area contributed by atoms with Crippen molar-refractivity contribution in [2.24, 2.45) is 0 Å². The van der Waals surface area contributed by atoms with E-state index in [1.807, 2.05) is 59.9 Å². The van der Waals surface area contributed by atoms with E-state index >= 15 is 0 Å². The van der Waals surface area contributed by atoms with Crippen LogP contribution < -0.4 is 19.6 Å². The van der Waals surface area contributed by atoms with Crippen molar-refractivity contribution >= 4 is 34.1 Å². The zero-order valence-electron chi connectivity index (χ0n) is 26.6. The van der Waals surface area contributed by atoms with Gasteiger partial charge in [0.1, 0.15) is 0 Å². The Labute approximate surface area is 331 Å². The van der Waals surface area contributed by atoms with Crippen LogP contribution in [0, 0.1) is 49.0 Å². The number of benzene rings is 5. The molecule has 5 aromatic carbocycles. The van der Waals surface area contributed by atoms with Gasteiger partial charge < -0.3 is 24.6 Å². The van der Waals surface area contributed by atoms with E-state index in [0.717, 1.165) is 34.9 Å². The van der Waals surface area contributed by atoms with Gasteiger partial charge in [-0.25, -0.2) is 0 Å². The normalized spacial score (nSPS) is 12.1. The molecule has 11 heteroatoms. The average molecular weight is 1200 g/mol. The molecule has 5 nitrogen and oxygen atoms in total. The smallest absolute Gasteiger partial charge is 0.0408 e. The second-order valence-corrected chi connectivity index (χ2v) is 10.6. The number of nitrogens with zero attached hydrogens (tertiary/aromatic N) is 5. The summed E-state index contributed by atoms with van der Waals surface area (Å²) in [5, 5.41) is 0. The number of hydrogen-bond acceptors (Lipinski definition) is 5. The molecule has 2 aliphatic heterocycles. The summed E-state index contributed by atoms with van der Waals surface area (Å²) in [5.74, 6) is -1.56. The summed E-state index contributed by atoms with van der Waals surface area (Å²) < 4.78 is 38.7. The van der Waals surface area contributed by atoms with Gasteiger partial charge in [-0.05, 0) is 50.1 Å². The van der Waals surface area contributed by atoms with Gasteiger partial charge in [-0.15, -0.1) is 41.7 Å². The van der Waals surface area contributed by atoms with Crippen molar-refractivity contribution in [1.82, 2.24) is 4.98 Å². The summed E-state index contributed by atoms with van der Waals surface area (Å²) in [6.45, 7) is 4.05. The molecule has 263 valence electrons. The fraction of sp³-hybridized carbons (Fsp3) is 0.0513. The third-order valence-corrected chi connectivity index (χ3v) is 7.37. The first-order valence-corrected chi connectivity index (χ1v) is 14.7. The quantitative estimate of drug-likeness (QED) is 0.165. The molecule has 50 heavy (non-hydrogen) atoms. The molecule has 0 saturated heterocycles.